The molecule has 2 rings (SSSR count). The molecule has 1 N–H and O–H groups in total. The fourth-order valence-corrected chi connectivity index (χ4v) is 1.77. The standard InChI is InChI=1S/C12H14ClN3/c1-2-16-8-4-5-10(16)9-14-12-7-3-6-11(13)15-12/h3-8H,2,9H2,1H3,(H,14,15). The maximum absolute atomic E-state index is 5.81. The highest BCUT2D eigenvalue weighted by Gasteiger charge is 1.99. The van der Waals surface area contributed by atoms with Crippen LogP contribution in [0.25, 0.3) is 0 Å². The van der Waals surface area contributed by atoms with Crippen molar-refractivity contribution in [2.75, 3.05) is 5.32 Å². The second-order valence-electron chi connectivity index (χ2n) is 3.48. The van der Waals surface area contributed by atoms with Crippen LogP contribution in [0, 0.1) is 0 Å². The van der Waals surface area contributed by atoms with Gasteiger partial charge < -0.3 is 9.88 Å². The molecule has 0 bridgehead atoms. The van der Waals surface area contributed by atoms with Crippen molar-refractivity contribution in [2.24, 2.45) is 0 Å². The van der Waals surface area contributed by atoms with Crippen LogP contribution in [0.4, 0.5) is 5.82 Å². The average Bonchev–Trinajstić information content (AvgIpc) is 2.74. The topological polar surface area (TPSA) is 29.9 Å². The van der Waals surface area contributed by atoms with Gasteiger partial charge >= 0.3 is 0 Å². The quantitative estimate of drug-likeness (QED) is 0.825. The van der Waals surface area contributed by atoms with Crippen molar-refractivity contribution in [3.63, 3.8) is 0 Å². The number of aromatic nitrogens is 2. The fraction of sp³-hybridized carbons (Fsp3) is 0.250. The minimum atomic E-state index is 0.510. The molecule has 0 fully saturated rings. The Kier molecular flexibility index (Phi) is 3.47. The Morgan fingerprint density at radius 3 is 2.94 bits per heavy atom. The van der Waals surface area contributed by atoms with E-state index in [2.05, 4.69) is 34.1 Å². The van der Waals surface area contributed by atoms with Gasteiger partial charge in [-0.3, -0.25) is 0 Å². The first-order valence-electron chi connectivity index (χ1n) is 5.30. The van der Waals surface area contributed by atoms with E-state index >= 15 is 0 Å². The van der Waals surface area contributed by atoms with E-state index < -0.39 is 0 Å². The zero-order chi connectivity index (χ0) is 11.4. The van der Waals surface area contributed by atoms with Crippen molar-refractivity contribution >= 4 is 17.4 Å². The third kappa shape index (κ3) is 2.55. The van der Waals surface area contributed by atoms with Crippen LogP contribution in [0.2, 0.25) is 5.15 Å². The molecule has 0 aliphatic rings. The molecule has 0 spiro atoms. The normalized spacial score (nSPS) is 10.4. The van der Waals surface area contributed by atoms with Gasteiger partial charge in [0.25, 0.3) is 0 Å². The van der Waals surface area contributed by atoms with Gasteiger partial charge in [0.15, 0.2) is 0 Å². The zero-order valence-corrected chi connectivity index (χ0v) is 9.91. The minimum Gasteiger partial charge on any atom is -0.364 e. The first-order valence-corrected chi connectivity index (χ1v) is 5.68. The molecule has 0 aromatic carbocycles. The Labute approximate surface area is 100 Å². The summed E-state index contributed by atoms with van der Waals surface area (Å²) in [6.45, 7) is 3.86. The van der Waals surface area contributed by atoms with Crippen LogP contribution in [-0.2, 0) is 13.1 Å². The molecule has 2 aromatic heterocycles. The second kappa shape index (κ2) is 5.03. The molecule has 0 saturated carbocycles. The zero-order valence-electron chi connectivity index (χ0n) is 9.15. The van der Waals surface area contributed by atoms with Crippen molar-refractivity contribution in [3.05, 3.63) is 47.4 Å². The summed E-state index contributed by atoms with van der Waals surface area (Å²) in [5.74, 6) is 0.802. The largest absolute Gasteiger partial charge is 0.364 e. The van der Waals surface area contributed by atoms with Gasteiger partial charge in [0.05, 0.1) is 6.54 Å². The molecule has 2 aromatic rings. The fourth-order valence-electron chi connectivity index (χ4n) is 1.61. The van der Waals surface area contributed by atoms with Crippen LogP contribution in [0.1, 0.15) is 12.6 Å². The molecule has 0 atom stereocenters. The number of nitrogens with one attached hydrogen (secondary N) is 1. The Balaban J connectivity index is 2.02. The summed E-state index contributed by atoms with van der Waals surface area (Å²) < 4.78 is 2.19. The van der Waals surface area contributed by atoms with Crippen molar-refractivity contribution in [2.45, 2.75) is 20.0 Å². The lowest BCUT2D eigenvalue weighted by atomic mass is 10.4. The molecule has 0 aliphatic heterocycles. The molecule has 0 aliphatic carbocycles. The molecule has 3 nitrogen and oxygen atoms in total. The molecule has 0 radical (unpaired) electrons. The predicted molar refractivity (Wildman–Crippen MR) is 66.7 cm³/mol. The molecular formula is C12H14ClN3. The number of hydrogen-bond acceptors (Lipinski definition) is 2. The van der Waals surface area contributed by atoms with Crippen LogP contribution < -0.4 is 5.32 Å². The first kappa shape index (κ1) is 11.0. The summed E-state index contributed by atoms with van der Waals surface area (Å²) in [5.41, 5.74) is 1.24. The smallest absolute Gasteiger partial charge is 0.131 e. The lowest BCUT2D eigenvalue weighted by Gasteiger charge is -2.08. The molecule has 0 amide bonds. The Morgan fingerprint density at radius 2 is 2.19 bits per heavy atom. The van der Waals surface area contributed by atoms with E-state index in [4.69, 9.17) is 11.6 Å². The van der Waals surface area contributed by atoms with Gasteiger partial charge in [-0.25, -0.2) is 4.98 Å². The predicted octanol–water partition coefficient (Wildman–Crippen LogP) is 3.17. The monoisotopic (exact) mass is 235 g/mol. The van der Waals surface area contributed by atoms with E-state index in [1.807, 2.05) is 18.2 Å². The van der Waals surface area contributed by atoms with Crippen LogP contribution in [0.5, 0.6) is 0 Å². The van der Waals surface area contributed by atoms with Gasteiger partial charge in [-0.05, 0) is 31.2 Å². The molecular weight excluding hydrogens is 222 g/mol. The maximum Gasteiger partial charge on any atom is 0.131 e. The van der Waals surface area contributed by atoms with E-state index in [9.17, 15) is 0 Å². The second-order valence-corrected chi connectivity index (χ2v) is 3.87. The Hall–Kier alpha value is -1.48. The Bertz CT molecular complexity index is 465. The highest BCUT2D eigenvalue weighted by molar-refractivity contribution is 6.29. The number of pyridine rings is 1. The molecule has 2 heterocycles. The number of hydrogen-bond donors (Lipinski definition) is 1. The van der Waals surface area contributed by atoms with Crippen molar-refractivity contribution in [1.82, 2.24) is 9.55 Å². The third-order valence-corrected chi connectivity index (χ3v) is 2.64. The Morgan fingerprint density at radius 1 is 1.31 bits per heavy atom. The minimum absolute atomic E-state index is 0.510. The van der Waals surface area contributed by atoms with E-state index in [1.54, 1.807) is 6.07 Å². The summed E-state index contributed by atoms with van der Waals surface area (Å²) in [6, 6.07) is 9.70. The van der Waals surface area contributed by atoms with Crippen molar-refractivity contribution < 1.29 is 0 Å². The van der Waals surface area contributed by atoms with E-state index in [0.29, 0.717) is 5.15 Å². The van der Waals surface area contributed by atoms with Crippen LogP contribution in [-0.4, -0.2) is 9.55 Å². The van der Waals surface area contributed by atoms with E-state index in [0.717, 1.165) is 18.9 Å². The molecule has 0 saturated heterocycles. The van der Waals surface area contributed by atoms with Crippen LogP contribution >= 0.6 is 11.6 Å². The van der Waals surface area contributed by atoms with E-state index in [1.165, 1.54) is 5.69 Å². The highest BCUT2D eigenvalue weighted by atomic mass is 35.5. The number of nitrogens with zero attached hydrogens (tertiary/aromatic N) is 2. The third-order valence-electron chi connectivity index (χ3n) is 2.43. The van der Waals surface area contributed by atoms with Crippen LogP contribution in [0.3, 0.4) is 0 Å². The SMILES string of the molecule is CCn1cccc1CNc1cccc(Cl)n1. The lowest BCUT2D eigenvalue weighted by molar-refractivity contribution is 0.723. The molecule has 84 valence electrons. The number of anilines is 1. The van der Waals surface area contributed by atoms with Gasteiger partial charge in [-0.15, -0.1) is 0 Å². The van der Waals surface area contributed by atoms with E-state index in [-0.39, 0.29) is 0 Å². The van der Waals surface area contributed by atoms with Crippen molar-refractivity contribution in [3.8, 4) is 0 Å². The number of aryl methyl sites for hydroxylation is 1. The van der Waals surface area contributed by atoms with Gasteiger partial charge in [0, 0.05) is 18.4 Å². The number of rotatable bonds is 4. The summed E-state index contributed by atoms with van der Waals surface area (Å²) >= 11 is 5.81. The lowest BCUT2D eigenvalue weighted by Crippen LogP contribution is -2.06. The van der Waals surface area contributed by atoms with Crippen molar-refractivity contribution in [1.29, 1.82) is 0 Å². The van der Waals surface area contributed by atoms with Gasteiger partial charge in [-0.1, -0.05) is 17.7 Å². The van der Waals surface area contributed by atoms with Gasteiger partial charge in [-0.2, -0.15) is 0 Å². The molecule has 4 heteroatoms. The molecule has 16 heavy (non-hydrogen) atoms. The summed E-state index contributed by atoms with van der Waals surface area (Å²) in [5, 5.41) is 3.76. The first-order chi connectivity index (χ1) is 7.79. The van der Waals surface area contributed by atoms with Crippen LogP contribution in [0.15, 0.2) is 36.5 Å². The van der Waals surface area contributed by atoms with Gasteiger partial charge in [0.2, 0.25) is 0 Å². The number of halogens is 1. The average molecular weight is 236 g/mol. The van der Waals surface area contributed by atoms with Gasteiger partial charge in [0.1, 0.15) is 11.0 Å². The maximum atomic E-state index is 5.81. The summed E-state index contributed by atoms with van der Waals surface area (Å²) in [7, 11) is 0. The molecule has 0 unspecified atom stereocenters. The highest BCUT2D eigenvalue weighted by Crippen LogP contribution is 2.11. The summed E-state index contributed by atoms with van der Waals surface area (Å²) in [6.07, 6.45) is 2.07. The summed E-state index contributed by atoms with van der Waals surface area (Å²) in [4.78, 5) is 4.17.